The molecule has 28 heavy (non-hydrogen) atoms. The van der Waals surface area contributed by atoms with Crippen molar-refractivity contribution in [2.24, 2.45) is 0 Å². The minimum Gasteiger partial charge on any atom is -0.372 e. The molecule has 0 spiro atoms. The summed E-state index contributed by atoms with van der Waals surface area (Å²) in [5.74, 6) is 0.0588. The van der Waals surface area contributed by atoms with Crippen molar-refractivity contribution in [3.63, 3.8) is 0 Å². The molecular weight excluding hydrogens is 417 g/mol. The van der Waals surface area contributed by atoms with E-state index in [1.807, 2.05) is 18.7 Å². The highest BCUT2D eigenvalue weighted by Crippen LogP contribution is 2.28. The van der Waals surface area contributed by atoms with Gasteiger partial charge in [-0.15, -0.1) is 36.2 Å². The van der Waals surface area contributed by atoms with E-state index in [1.54, 1.807) is 6.20 Å². The Morgan fingerprint density at radius 3 is 2.68 bits per heavy atom. The first-order valence-corrected chi connectivity index (χ1v) is 10.1. The van der Waals surface area contributed by atoms with Crippen molar-refractivity contribution in [1.82, 2.24) is 15.2 Å². The molecule has 1 amide bonds. The zero-order valence-electron chi connectivity index (χ0n) is 16.5. The van der Waals surface area contributed by atoms with Gasteiger partial charge in [0, 0.05) is 26.2 Å². The van der Waals surface area contributed by atoms with Crippen LogP contribution in [-0.2, 0) is 11.2 Å². The predicted octanol–water partition coefficient (Wildman–Crippen LogP) is 4.43. The highest BCUT2D eigenvalue weighted by molar-refractivity contribution is 7.13. The van der Waals surface area contributed by atoms with Gasteiger partial charge in [0.2, 0.25) is 0 Å². The standard InChI is InChI=1S/C20H27N3O2S.2ClH/c1-4-15-6-8-16(9-7-15)17-12-21-10-11-23(17)20(24)18-13-22-19(26-18)14(3)25-5-2;;/h6-9,13-14,17,21H,4-5,10-12H2,1-3H3;2*1H. The Morgan fingerprint density at radius 2 is 2.04 bits per heavy atom. The van der Waals surface area contributed by atoms with Gasteiger partial charge in [0.1, 0.15) is 16.0 Å². The lowest BCUT2D eigenvalue weighted by atomic mass is 10.0. The van der Waals surface area contributed by atoms with Crippen LogP contribution in [0.3, 0.4) is 0 Å². The van der Waals surface area contributed by atoms with Gasteiger partial charge in [0.25, 0.3) is 5.91 Å². The molecule has 1 aliphatic heterocycles. The molecule has 0 radical (unpaired) electrons. The average Bonchev–Trinajstić information content (AvgIpc) is 3.18. The molecule has 1 aliphatic rings. The van der Waals surface area contributed by atoms with Gasteiger partial charge in [-0.05, 0) is 31.4 Å². The van der Waals surface area contributed by atoms with Crippen LogP contribution < -0.4 is 5.32 Å². The first-order chi connectivity index (χ1) is 12.6. The molecule has 1 aromatic carbocycles. The number of benzene rings is 1. The number of carbonyl (C=O) groups is 1. The molecule has 5 nitrogen and oxygen atoms in total. The van der Waals surface area contributed by atoms with Crippen molar-refractivity contribution in [1.29, 1.82) is 0 Å². The van der Waals surface area contributed by atoms with Crippen LogP contribution in [0.25, 0.3) is 0 Å². The van der Waals surface area contributed by atoms with E-state index in [-0.39, 0.29) is 42.9 Å². The maximum atomic E-state index is 13.1. The third-order valence-corrected chi connectivity index (χ3v) is 5.92. The summed E-state index contributed by atoms with van der Waals surface area (Å²) in [6.07, 6.45) is 2.64. The molecular formula is C20H29Cl2N3O2S. The molecule has 0 aliphatic carbocycles. The second-order valence-corrected chi connectivity index (χ2v) is 7.54. The van der Waals surface area contributed by atoms with E-state index in [0.717, 1.165) is 24.5 Å². The number of aromatic nitrogens is 1. The summed E-state index contributed by atoms with van der Waals surface area (Å²) in [5.41, 5.74) is 2.49. The number of piperazine rings is 1. The largest absolute Gasteiger partial charge is 0.372 e. The van der Waals surface area contributed by atoms with Crippen LogP contribution in [-0.4, -0.2) is 42.0 Å². The van der Waals surface area contributed by atoms with E-state index in [0.29, 0.717) is 18.0 Å². The van der Waals surface area contributed by atoms with Gasteiger partial charge in [-0.2, -0.15) is 0 Å². The Hall–Kier alpha value is -1.18. The number of amides is 1. The van der Waals surface area contributed by atoms with Gasteiger partial charge in [-0.3, -0.25) is 4.79 Å². The molecule has 3 rings (SSSR count). The summed E-state index contributed by atoms with van der Waals surface area (Å²) in [4.78, 5) is 20.2. The number of nitrogens with zero attached hydrogens (tertiary/aromatic N) is 2. The summed E-state index contributed by atoms with van der Waals surface area (Å²) < 4.78 is 5.59. The molecule has 156 valence electrons. The third kappa shape index (κ3) is 5.67. The van der Waals surface area contributed by atoms with E-state index < -0.39 is 0 Å². The second kappa shape index (κ2) is 11.7. The molecule has 1 fully saturated rings. The fourth-order valence-electron chi connectivity index (χ4n) is 3.26. The van der Waals surface area contributed by atoms with E-state index in [1.165, 1.54) is 22.5 Å². The molecule has 1 N–H and O–H groups in total. The van der Waals surface area contributed by atoms with Crippen LogP contribution in [0, 0.1) is 0 Å². The van der Waals surface area contributed by atoms with Crippen molar-refractivity contribution in [2.45, 2.75) is 39.3 Å². The quantitative estimate of drug-likeness (QED) is 0.713. The van der Waals surface area contributed by atoms with E-state index in [9.17, 15) is 4.79 Å². The Kier molecular flexibility index (Phi) is 10.4. The first kappa shape index (κ1) is 24.9. The highest BCUT2D eigenvalue weighted by atomic mass is 35.5. The molecule has 2 unspecified atom stereocenters. The van der Waals surface area contributed by atoms with Gasteiger partial charge in [-0.1, -0.05) is 31.2 Å². The van der Waals surface area contributed by atoms with Crippen LogP contribution in [0.1, 0.15) is 58.7 Å². The minimum absolute atomic E-state index is 0. The minimum atomic E-state index is -0.0769. The average molecular weight is 446 g/mol. The lowest BCUT2D eigenvalue weighted by Crippen LogP contribution is -2.48. The van der Waals surface area contributed by atoms with Crippen LogP contribution >= 0.6 is 36.2 Å². The summed E-state index contributed by atoms with van der Waals surface area (Å²) in [5, 5.41) is 4.27. The first-order valence-electron chi connectivity index (χ1n) is 9.31. The topological polar surface area (TPSA) is 54.5 Å². The Balaban J connectivity index is 0.00000196. The summed E-state index contributed by atoms with van der Waals surface area (Å²) in [6, 6.07) is 8.65. The molecule has 2 aromatic rings. The van der Waals surface area contributed by atoms with E-state index >= 15 is 0 Å². The lowest BCUT2D eigenvalue weighted by molar-refractivity contribution is 0.0639. The molecule has 0 saturated carbocycles. The van der Waals surface area contributed by atoms with Crippen molar-refractivity contribution >= 4 is 42.1 Å². The molecule has 2 atom stereocenters. The fraction of sp³-hybridized carbons (Fsp3) is 0.500. The zero-order valence-corrected chi connectivity index (χ0v) is 19.0. The molecule has 8 heteroatoms. The number of aryl methyl sites for hydroxylation is 1. The summed E-state index contributed by atoms with van der Waals surface area (Å²) >= 11 is 1.44. The number of carbonyl (C=O) groups excluding carboxylic acids is 1. The van der Waals surface area contributed by atoms with Crippen LogP contribution in [0.4, 0.5) is 0 Å². The zero-order chi connectivity index (χ0) is 18.5. The SMILES string of the molecule is CCOC(C)c1ncc(C(=O)N2CCNCC2c2ccc(CC)cc2)s1.Cl.Cl. The number of nitrogens with one attached hydrogen (secondary N) is 1. The van der Waals surface area contributed by atoms with Crippen LogP contribution in [0.2, 0.25) is 0 Å². The molecule has 1 saturated heterocycles. The van der Waals surface area contributed by atoms with E-state index in [2.05, 4.69) is 41.5 Å². The van der Waals surface area contributed by atoms with Gasteiger partial charge in [0.05, 0.1) is 12.2 Å². The molecule has 2 heterocycles. The molecule has 1 aromatic heterocycles. The second-order valence-electron chi connectivity index (χ2n) is 6.47. The summed E-state index contributed by atoms with van der Waals surface area (Å²) in [6.45, 7) is 9.02. The number of halogens is 2. The third-order valence-electron chi connectivity index (χ3n) is 4.78. The number of thiazole rings is 1. The maximum absolute atomic E-state index is 13.1. The predicted molar refractivity (Wildman–Crippen MR) is 119 cm³/mol. The highest BCUT2D eigenvalue weighted by Gasteiger charge is 2.30. The Bertz CT molecular complexity index is 739. The van der Waals surface area contributed by atoms with Gasteiger partial charge in [-0.25, -0.2) is 4.98 Å². The van der Waals surface area contributed by atoms with Crippen molar-refractivity contribution in [3.05, 3.63) is 51.5 Å². The van der Waals surface area contributed by atoms with Crippen LogP contribution in [0.5, 0.6) is 0 Å². The lowest BCUT2D eigenvalue weighted by Gasteiger charge is -2.36. The normalized spacial score (nSPS) is 17.4. The van der Waals surface area contributed by atoms with Gasteiger partial charge in [0.15, 0.2) is 0 Å². The number of ether oxygens (including phenoxy) is 1. The number of hydrogen-bond donors (Lipinski definition) is 1. The number of rotatable bonds is 6. The number of hydrogen-bond acceptors (Lipinski definition) is 5. The maximum Gasteiger partial charge on any atom is 0.266 e. The molecule has 0 bridgehead atoms. The van der Waals surface area contributed by atoms with Crippen molar-refractivity contribution in [3.8, 4) is 0 Å². The smallest absolute Gasteiger partial charge is 0.266 e. The monoisotopic (exact) mass is 445 g/mol. The summed E-state index contributed by atoms with van der Waals surface area (Å²) in [7, 11) is 0. The van der Waals surface area contributed by atoms with Gasteiger partial charge >= 0.3 is 0 Å². The van der Waals surface area contributed by atoms with E-state index in [4.69, 9.17) is 4.74 Å². The van der Waals surface area contributed by atoms with Crippen molar-refractivity contribution < 1.29 is 9.53 Å². The Labute approximate surface area is 183 Å². The Morgan fingerprint density at radius 1 is 1.32 bits per heavy atom. The van der Waals surface area contributed by atoms with Crippen molar-refractivity contribution in [2.75, 3.05) is 26.2 Å². The van der Waals surface area contributed by atoms with Crippen LogP contribution in [0.15, 0.2) is 30.5 Å². The van der Waals surface area contributed by atoms with Gasteiger partial charge < -0.3 is 15.0 Å². The fourth-order valence-corrected chi connectivity index (χ4v) is 4.13.